The zero-order chi connectivity index (χ0) is 11.5. The molecule has 1 aromatic rings. The molecule has 0 aliphatic heterocycles. The molecule has 0 aliphatic carbocycles. The Balaban J connectivity index is 2.55. The predicted molar refractivity (Wildman–Crippen MR) is 63.5 cm³/mol. The molecule has 3 nitrogen and oxygen atoms in total. The number of benzene rings is 1. The molecular formula is C11H16BrNO2. The van der Waals surface area contributed by atoms with Gasteiger partial charge in [-0.05, 0) is 42.8 Å². The van der Waals surface area contributed by atoms with Crippen LogP contribution in [0.1, 0.15) is 26.3 Å². The number of phenols is 1. The summed E-state index contributed by atoms with van der Waals surface area (Å²) in [4.78, 5) is 5.35. The van der Waals surface area contributed by atoms with Gasteiger partial charge in [0, 0.05) is 12.1 Å². The minimum atomic E-state index is -0.234. The summed E-state index contributed by atoms with van der Waals surface area (Å²) in [5.41, 5.74) is 3.39. The van der Waals surface area contributed by atoms with E-state index in [0.29, 0.717) is 11.0 Å². The van der Waals surface area contributed by atoms with Crippen molar-refractivity contribution in [2.24, 2.45) is 0 Å². The van der Waals surface area contributed by atoms with E-state index in [1.165, 1.54) is 0 Å². The van der Waals surface area contributed by atoms with E-state index < -0.39 is 0 Å². The first kappa shape index (κ1) is 12.5. The van der Waals surface area contributed by atoms with Gasteiger partial charge in [0.2, 0.25) is 0 Å². The van der Waals surface area contributed by atoms with E-state index in [-0.39, 0.29) is 11.4 Å². The van der Waals surface area contributed by atoms with E-state index in [1.807, 2.05) is 32.9 Å². The topological polar surface area (TPSA) is 41.5 Å². The molecule has 1 aromatic carbocycles. The summed E-state index contributed by atoms with van der Waals surface area (Å²) in [6, 6.07) is 5.51. The number of phenolic OH excluding ortho intramolecular Hbond substituents is 1. The maximum atomic E-state index is 9.68. The van der Waals surface area contributed by atoms with Crippen LogP contribution in [0.25, 0.3) is 0 Å². The fraction of sp³-hybridized carbons (Fsp3) is 0.455. The van der Waals surface area contributed by atoms with Crippen molar-refractivity contribution in [2.75, 3.05) is 0 Å². The van der Waals surface area contributed by atoms with Gasteiger partial charge in [0.1, 0.15) is 5.75 Å². The van der Waals surface area contributed by atoms with Crippen molar-refractivity contribution in [1.82, 2.24) is 5.48 Å². The first-order chi connectivity index (χ1) is 6.90. The van der Waals surface area contributed by atoms with E-state index >= 15 is 0 Å². The summed E-state index contributed by atoms with van der Waals surface area (Å²) >= 11 is 3.26. The number of hydroxylamine groups is 1. The van der Waals surface area contributed by atoms with E-state index in [1.54, 1.807) is 6.07 Å². The summed E-state index contributed by atoms with van der Waals surface area (Å²) in [5.74, 6) is 0.252. The predicted octanol–water partition coefficient (Wildman–Crippen LogP) is 2.97. The van der Waals surface area contributed by atoms with Crippen LogP contribution in [0.15, 0.2) is 22.7 Å². The lowest BCUT2D eigenvalue weighted by Crippen LogP contribution is -2.28. The van der Waals surface area contributed by atoms with Gasteiger partial charge in [0.25, 0.3) is 0 Å². The smallest absolute Gasteiger partial charge is 0.134 e. The van der Waals surface area contributed by atoms with Gasteiger partial charge in [-0.15, -0.1) is 0 Å². The third-order valence-electron chi connectivity index (χ3n) is 1.71. The van der Waals surface area contributed by atoms with Crippen molar-refractivity contribution in [2.45, 2.75) is 32.9 Å². The number of nitrogens with one attached hydrogen (secondary N) is 1. The Bertz CT molecular complexity index is 334. The number of aromatic hydroxyl groups is 1. The molecule has 0 spiro atoms. The molecule has 2 N–H and O–H groups in total. The summed E-state index contributed by atoms with van der Waals surface area (Å²) in [5, 5.41) is 9.68. The third-order valence-corrected chi connectivity index (χ3v) is 2.35. The molecule has 0 aliphatic rings. The van der Waals surface area contributed by atoms with Crippen LogP contribution in [-0.2, 0) is 11.4 Å². The standard InChI is InChI=1S/C11H16BrNO2/c1-11(2,3)15-13-7-8-5-4-6-9(12)10(8)14/h4-6,13-14H,7H2,1-3H3. The van der Waals surface area contributed by atoms with E-state index in [0.717, 1.165) is 5.56 Å². The molecule has 0 fully saturated rings. The van der Waals surface area contributed by atoms with Gasteiger partial charge in [0.15, 0.2) is 0 Å². The zero-order valence-electron chi connectivity index (χ0n) is 9.17. The van der Waals surface area contributed by atoms with Crippen LogP contribution >= 0.6 is 15.9 Å². The average Bonchev–Trinajstić information content (AvgIpc) is 2.10. The quantitative estimate of drug-likeness (QED) is 0.832. The Hall–Kier alpha value is -0.580. The fourth-order valence-corrected chi connectivity index (χ4v) is 1.44. The maximum absolute atomic E-state index is 9.68. The van der Waals surface area contributed by atoms with Crippen LogP contribution in [-0.4, -0.2) is 10.7 Å². The van der Waals surface area contributed by atoms with Gasteiger partial charge in [-0.2, -0.15) is 5.48 Å². The SMILES string of the molecule is CC(C)(C)ONCc1cccc(Br)c1O. The van der Waals surface area contributed by atoms with Crippen LogP contribution in [0.3, 0.4) is 0 Å². The second-order valence-corrected chi connectivity index (χ2v) is 5.14. The number of hydrogen-bond acceptors (Lipinski definition) is 3. The summed E-state index contributed by atoms with van der Waals surface area (Å²) in [7, 11) is 0. The summed E-state index contributed by atoms with van der Waals surface area (Å²) in [6.45, 7) is 6.35. The normalized spacial score (nSPS) is 11.7. The van der Waals surface area contributed by atoms with E-state index in [4.69, 9.17) is 4.84 Å². The average molecular weight is 274 g/mol. The lowest BCUT2D eigenvalue weighted by atomic mass is 10.2. The van der Waals surface area contributed by atoms with Crippen molar-refractivity contribution >= 4 is 15.9 Å². The molecule has 0 heterocycles. The molecule has 0 amide bonds. The molecule has 0 radical (unpaired) electrons. The van der Waals surface area contributed by atoms with Crippen LogP contribution < -0.4 is 5.48 Å². The van der Waals surface area contributed by atoms with Crippen LogP contribution in [0.5, 0.6) is 5.75 Å². The lowest BCUT2D eigenvalue weighted by Gasteiger charge is -2.19. The Morgan fingerprint density at radius 1 is 1.40 bits per heavy atom. The van der Waals surface area contributed by atoms with Crippen molar-refractivity contribution < 1.29 is 9.94 Å². The Labute approximate surface area is 98.5 Å². The Morgan fingerprint density at radius 2 is 2.07 bits per heavy atom. The summed E-state index contributed by atoms with van der Waals surface area (Å²) in [6.07, 6.45) is 0. The van der Waals surface area contributed by atoms with Crippen LogP contribution in [0, 0.1) is 0 Å². The minimum absolute atomic E-state index is 0.234. The van der Waals surface area contributed by atoms with Gasteiger partial charge in [-0.3, -0.25) is 4.84 Å². The van der Waals surface area contributed by atoms with Crippen molar-refractivity contribution in [1.29, 1.82) is 0 Å². The van der Waals surface area contributed by atoms with Crippen molar-refractivity contribution in [3.63, 3.8) is 0 Å². The first-order valence-corrected chi connectivity index (χ1v) is 5.56. The van der Waals surface area contributed by atoms with Gasteiger partial charge in [-0.1, -0.05) is 12.1 Å². The van der Waals surface area contributed by atoms with Gasteiger partial charge in [-0.25, -0.2) is 0 Å². The fourth-order valence-electron chi connectivity index (χ4n) is 1.03. The summed E-state index contributed by atoms with van der Waals surface area (Å²) < 4.78 is 0.692. The highest BCUT2D eigenvalue weighted by Gasteiger charge is 2.11. The van der Waals surface area contributed by atoms with E-state index in [9.17, 15) is 5.11 Å². The second kappa shape index (κ2) is 4.96. The van der Waals surface area contributed by atoms with E-state index in [2.05, 4.69) is 21.4 Å². The van der Waals surface area contributed by atoms with Crippen LogP contribution in [0.2, 0.25) is 0 Å². The molecule has 4 heteroatoms. The Morgan fingerprint density at radius 3 is 2.67 bits per heavy atom. The number of hydrogen-bond donors (Lipinski definition) is 2. The maximum Gasteiger partial charge on any atom is 0.134 e. The van der Waals surface area contributed by atoms with Crippen LogP contribution in [0.4, 0.5) is 0 Å². The van der Waals surface area contributed by atoms with Gasteiger partial charge >= 0.3 is 0 Å². The minimum Gasteiger partial charge on any atom is -0.506 e. The third kappa shape index (κ3) is 4.20. The van der Waals surface area contributed by atoms with Crippen molar-refractivity contribution in [3.8, 4) is 5.75 Å². The van der Waals surface area contributed by atoms with Gasteiger partial charge in [0.05, 0.1) is 10.1 Å². The number of para-hydroxylation sites is 1. The molecule has 0 aromatic heterocycles. The van der Waals surface area contributed by atoms with Crippen molar-refractivity contribution in [3.05, 3.63) is 28.2 Å². The molecule has 0 atom stereocenters. The lowest BCUT2D eigenvalue weighted by molar-refractivity contribution is -0.0759. The number of halogens is 1. The largest absolute Gasteiger partial charge is 0.506 e. The monoisotopic (exact) mass is 273 g/mol. The molecule has 84 valence electrons. The zero-order valence-corrected chi connectivity index (χ0v) is 10.8. The molecule has 0 unspecified atom stereocenters. The highest BCUT2D eigenvalue weighted by molar-refractivity contribution is 9.10. The molecular weight excluding hydrogens is 258 g/mol. The molecule has 15 heavy (non-hydrogen) atoms. The highest BCUT2D eigenvalue weighted by Crippen LogP contribution is 2.27. The Kier molecular flexibility index (Phi) is 4.13. The second-order valence-electron chi connectivity index (χ2n) is 4.28. The number of rotatable bonds is 3. The molecule has 1 rings (SSSR count). The highest BCUT2D eigenvalue weighted by atomic mass is 79.9. The van der Waals surface area contributed by atoms with Gasteiger partial charge < -0.3 is 5.11 Å². The molecule has 0 saturated carbocycles. The first-order valence-electron chi connectivity index (χ1n) is 4.77. The molecule has 0 saturated heterocycles. The molecule has 0 bridgehead atoms.